The van der Waals surface area contributed by atoms with Crippen LogP contribution in [0.2, 0.25) is 0 Å². The van der Waals surface area contributed by atoms with Gasteiger partial charge in [0.2, 0.25) is 23.6 Å². The van der Waals surface area contributed by atoms with Crippen LogP contribution in [0.1, 0.15) is 52.5 Å². The van der Waals surface area contributed by atoms with Gasteiger partial charge in [-0.1, -0.05) is 39.8 Å². The molecule has 0 heterocycles. The van der Waals surface area contributed by atoms with Gasteiger partial charge < -0.3 is 37.6 Å². The van der Waals surface area contributed by atoms with Crippen LogP contribution in [0.3, 0.4) is 0 Å². The minimum Gasteiger partial charge on any atom is -0.508 e. The molecule has 0 aliphatic heterocycles. The lowest BCUT2D eigenvalue weighted by Crippen LogP contribution is -2.58. The van der Waals surface area contributed by atoms with Gasteiger partial charge in [0.15, 0.2) is 0 Å². The number of aliphatic carboxylic acids is 1. The SMILES string of the molecule is CC(C)CC(NC(=O)C(Cc1ccc(O)cc1)NC(=O)C(CC(C)C)NC(=O)C(N)CC(N)=O)C(=O)O. The van der Waals surface area contributed by atoms with Crippen LogP contribution >= 0.6 is 0 Å². The first kappa shape index (κ1) is 31.4. The molecule has 0 saturated heterocycles. The van der Waals surface area contributed by atoms with E-state index in [0.29, 0.717) is 5.56 Å². The van der Waals surface area contributed by atoms with E-state index in [1.54, 1.807) is 12.1 Å². The summed E-state index contributed by atoms with van der Waals surface area (Å²) in [5.74, 6) is -4.14. The number of phenolic OH excluding ortho intramolecular Hbond substituents is 1. The average molecular weight is 522 g/mol. The van der Waals surface area contributed by atoms with Crippen molar-refractivity contribution in [1.29, 1.82) is 0 Å². The molecule has 12 nitrogen and oxygen atoms in total. The summed E-state index contributed by atoms with van der Waals surface area (Å²) in [4.78, 5) is 61.6. The molecule has 1 aromatic rings. The summed E-state index contributed by atoms with van der Waals surface area (Å²) in [6.45, 7) is 7.30. The normalized spacial score (nSPS) is 14.4. The maximum atomic E-state index is 13.2. The van der Waals surface area contributed by atoms with Crippen molar-refractivity contribution in [3.63, 3.8) is 0 Å². The molecule has 1 rings (SSSR count). The second-order valence-electron chi connectivity index (χ2n) is 9.93. The van der Waals surface area contributed by atoms with Crippen molar-refractivity contribution in [2.24, 2.45) is 23.3 Å². The van der Waals surface area contributed by atoms with Crippen LogP contribution in [0, 0.1) is 11.8 Å². The predicted octanol–water partition coefficient (Wildman–Crippen LogP) is -0.231. The molecule has 0 radical (unpaired) electrons. The highest BCUT2D eigenvalue weighted by Gasteiger charge is 2.31. The molecule has 0 aliphatic rings. The second kappa shape index (κ2) is 14.8. The number of hydrogen-bond donors (Lipinski definition) is 7. The molecule has 0 spiro atoms. The molecule has 4 unspecified atom stereocenters. The van der Waals surface area contributed by atoms with Gasteiger partial charge in [-0.3, -0.25) is 19.2 Å². The van der Waals surface area contributed by atoms with E-state index in [9.17, 15) is 34.2 Å². The third-order valence-corrected chi connectivity index (χ3v) is 5.43. The molecular weight excluding hydrogens is 482 g/mol. The highest BCUT2D eigenvalue weighted by atomic mass is 16.4. The standard InChI is InChI=1S/C25H39N5O7/c1-13(2)9-18(28-22(33)17(26)12-21(27)32)23(34)29-19(11-15-5-7-16(31)8-6-15)24(35)30-20(25(36)37)10-14(3)4/h5-8,13-14,17-20,31H,9-12,26H2,1-4H3,(H2,27,32)(H,28,33)(H,29,34)(H,30,35)(H,36,37). The molecule has 4 amide bonds. The predicted molar refractivity (Wildman–Crippen MR) is 136 cm³/mol. The Morgan fingerprint density at radius 3 is 1.73 bits per heavy atom. The lowest BCUT2D eigenvalue weighted by molar-refractivity contribution is -0.142. The maximum absolute atomic E-state index is 13.2. The van der Waals surface area contributed by atoms with Crippen LogP contribution in [0.5, 0.6) is 5.75 Å². The third-order valence-electron chi connectivity index (χ3n) is 5.43. The van der Waals surface area contributed by atoms with Crippen LogP contribution in [-0.2, 0) is 30.4 Å². The number of aromatic hydroxyl groups is 1. The van der Waals surface area contributed by atoms with E-state index in [0.717, 1.165) is 0 Å². The molecule has 37 heavy (non-hydrogen) atoms. The number of primary amides is 1. The van der Waals surface area contributed by atoms with E-state index in [1.165, 1.54) is 12.1 Å². The van der Waals surface area contributed by atoms with Crippen LogP contribution in [0.25, 0.3) is 0 Å². The third kappa shape index (κ3) is 11.7. The fourth-order valence-corrected chi connectivity index (χ4v) is 3.61. The van der Waals surface area contributed by atoms with Gasteiger partial charge in [0, 0.05) is 6.42 Å². The molecule has 0 saturated carbocycles. The van der Waals surface area contributed by atoms with Crippen LogP contribution in [0.15, 0.2) is 24.3 Å². The molecule has 1 aromatic carbocycles. The van der Waals surface area contributed by atoms with Crippen molar-refractivity contribution < 1.29 is 34.2 Å². The lowest BCUT2D eigenvalue weighted by atomic mass is 9.99. The molecular formula is C25H39N5O7. The highest BCUT2D eigenvalue weighted by Crippen LogP contribution is 2.13. The van der Waals surface area contributed by atoms with Gasteiger partial charge in [-0.25, -0.2) is 4.79 Å². The van der Waals surface area contributed by atoms with Gasteiger partial charge in [0.05, 0.1) is 12.5 Å². The second-order valence-corrected chi connectivity index (χ2v) is 9.93. The summed E-state index contributed by atoms with van der Waals surface area (Å²) >= 11 is 0. The molecule has 0 aliphatic carbocycles. The Bertz CT molecular complexity index is 949. The van der Waals surface area contributed by atoms with E-state index >= 15 is 0 Å². The number of nitrogens with one attached hydrogen (secondary N) is 3. The number of hydrogen-bond acceptors (Lipinski definition) is 7. The molecule has 206 valence electrons. The molecule has 4 atom stereocenters. The van der Waals surface area contributed by atoms with Crippen molar-refractivity contribution in [2.45, 2.75) is 77.5 Å². The number of carboxylic acids is 1. The molecule has 0 fully saturated rings. The number of carbonyl (C=O) groups is 5. The van der Waals surface area contributed by atoms with E-state index in [1.807, 2.05) is 27.7 Å². The monoisotopic (exact) mass is 521 g/mol. The quantitative estimate of drug-likeness (QED) is 0.163. The van der Waals surface area contributed by atoms with Gasteiger partial charge in [-0.05, 0) is 42.4 Å². The van der Waals surface area contributed by atoms with Crippen molar-refractivity contribution in [3.8, 4) is 5.75 Å². The fraction of sp³-hybridized carbons (Fsp3) is 0.560. The Balaban J connectivity index is 3.16. The number of benzene rings is 1. The molecule has 0 bridgehead atoms. The van der Waals surface area contributed by atoms with Gasteiger partial charge in [-0.2, -0.15) is 0 Å². The number of carbonyl (C=O) groups excluding carboxylic acids is 4. The van der Waals surface area contributed by atoms with E-state index < -0.39 is 60.2 Å². The minimum absolute atomic E-state index is 0.00456. The Hall–Kier alpha value is -3.67. The Kier molecular flexibility index (Phi) is 12.5. The van der Waals surface area contributed by atoms with Gasteiger partial charge in [0.25, 0.3) is 0 Å². The first-order valence-corrected chi connectivity index (χ1v) is 12.1. The average Bonchev–Trinajstić information content (AvgIpc) is 2.77. The van der Waals surface area contributed by atoms with Crippen molar-refractivity contribution in [1.82, 2.24) is 16.0 Å². The number of carboxylic acid groups (broad SMARTS) is 1. The summed E-state index contributed by atoms with van der Waals surface area (Å²) in [6.07, 6.45) is -0.0141. The summed E-state index contributed by atoms with van der Waals surface area (Å²) in [5, 5.41) is 26.7. The summed E-state index contributed by atoms with van der Waals surface area (Å²) < 4.78 is 0. The summed E-state index contributed by atoms with van der Waals surface area (Å²) in [6, 6.07) is 1.32. The van der Waals surface area contributed by atoms with Gasteiger partial charge >= 0.3 is 5.97 Å². The van der Waals surface area contributed by atoms with Crippen molar-refractivity contribution in [3.05, 3.63) is 29.8 Å². The summed E-state index contributed by atoms with van der Waals surface area (Å²) in [7, 11) is 0. The van der Waals surface area contributed by atoms with Crippen LogP contribution in [-0.4, -0.2) is 64.0 Å². The van der Waals surface area contributed by atoms with Crippen molar-refractivity contribution in [2.75, 3.05) is 0 Å². The fourth-order valence-electron chi connectivity index (χ4n) is 3.61. The van der Waals surface area contributed by atoms with Gasteiger partial charge in [-0.15, -0.1) is 0 Å². The first-order chi connectivity index (χ1) is 17.2. The zero-order chi connectivity index (χ0) is 28.3. The van der Waals surface area contributed by atoms with Crippen LogP contribution < -0.4 is 27.4 Å². The molecule has 9 N–H and O–H groups in total. The van der Waals surface area contributed by atoms with Gasteiger partial charge in [0.1, 0.15) is 23.9 Å². The smallest absolute Gasteiger partial charge is 0.326 e. The number of rotatable bonds is 15. The number of amides is 4. The zero-order valence-corrected chi connectivity index (χ0v) is 21.7. The molecule has 12 heteroatoms. The topological polar surface area (TPSA) is 214 Å². The van der Waals surface area contributed by atoms with E-state index in [4.69, 9.17) is 11.5 Å². The van der Waals surface area contributed by atoms with E-state index in [2.05, 4.69) is 16.0 Å². The number of phenols is 1. The molecule has 0 aromatic heterocycles. The largest absolute Gasteiger partial charge is 0.508 e. The van der Waals surface area contributed by atoms with Crippen LogP contribution in [0.4, 0.5) is 0 Å². The zero-order valence-electron chi connectivity index (χ0n) is 21.7. The Labute approximate surface area is 216 Å². The van der Waals surface area contributed by atoms with Crippen molar-refractivity contribution >= 4 is 29.6 Å². The first-order valence-electron chi connectivity index (χ1n) is 12.1. The maximum Gasteiger partial charge on any atom is 0.326 e. The minimum atomic E-state index is -1.25. The highest BCUT2D eigenvalue weighted by molar-refractivity contribution is 5.95. The number of nitrogens with two attached hydrogens (primary N) is 2. The summed E-state index contributed by atoms with van der Waals surface area (Å²) in [5.41, 5.74) is 11.4. The van der Waals surface area contributed by atoms with E-state index in [-0.39, 0.29) is 36.8 Å². The Morgan fingerprint density at radius 2 is 1.24 bits per heavy atom. The Morgan fingerprint density at radius 1 is 0.784 bits per heavy atom. The lowest BCUT2D eigenvalue weighted by Gasteiger charge is -2.26.